The van der Waals surface area contributed by atoms with Crippen LogP contribution in [-0.2, 0) is 11.3 Å². The largest absolute Gasteiger partial charge is 0.350 e. The Balaban J connectivity index is 2.62. The van der Waals surface area contributed by atoms with E-state index >= 15 is 0 Å². The molecule has 1 amide bonds. The predicted octanol–water partition coefficient (Wildman–Crippen LogP) is 1.60. The standard InChI is InChI=1S/C13H20FN3O/c1-3-13(4-2,9-15)12(18)17-8-11-6-5-10(14)7-16-11/h5-7H,3-4,8-9,15H2,1-2H3,(H,17,18). The Kier molecular flexibility index (Phi) is 5.22. The van der Waals surface area contributed by atoms with Gasteiger partial charge in [0.1, 0.15) is 5.82 Å². The summed E-state index contributed by atoms with van der Waals surface area (Å²) in [6.07, 6.45) is 2.53. The number of hydrogen-bond acceptors (Lipinski definition) is 3. The van der Waals surface area contributed by atoms with Crippen LogP contribution in [0, 0.1) is 11.2 Å². The van der Waals surface area contributed by atoms with Gasteiger partial charge in [0, 0.05) is 6.54 Å². The molecule has 0 bridgehead atoms. The minimum atomic E-state index is -0.514. The van der Waals surface area contributed by atoms with Gasteiger partial charge in [-0.05, 0) is 25.0 Å². The van der Waals surface area contributed by atoms with Gasteiger partial charge in [0.2, 0.25) is 5.91 Å². The lowest BCUT2D eigenvalue weighted by atomic mass is 9.81. The molecular weight excluding hydrogens is 233 g/mol. The maximum atomic E-state index is 12.7. The highest BCUT2D eigenvalue weighted by Gasteiger charge is 2.32. The van der Waals surface area contributed by atoms with E-state index in [2.05, 4.69) is 10.3 Å². The average molecular weight is 253 g/mol. The number of nitrogens with two attached hydrogens (primary N) is 1. The molecule has 18 heavy (non-hydrogen) atoms. The molecule has 0 aliphatic carbocycles. The number of rotatable bonds is 6. The summed E-state index contributed by atoms with van der Waals surface area (Å²) in [5.41, 5.74) is 5.81. The first-order valence-corrected chi connectivity index (χ1v) is 6.16. The van der Waals surface area contributed by atoms with Crippen LogP contribution in [0.5, 0.6) is 0 Å². The smallest absolute Gasteiger partial charge is 0.227 e. The quantitative estimate of drug-likeness (QED) is 0.809. The molecule has 0 saturated heterocycles. The van der Waals surface area contributed by atoms with Crippen LogP contribution in [0.4, 0.5) is 4.39 Å². The van der Waals surface area contributed by atoms with Gasteiger partial charge in [-0.25, -0.2) is 4.39 Å². The maximum Gasteiger partial charge on any atom is 0.227 e. The fourth-order valence-electron chi connectivity index (χ4n) is 1.82. The fourth-order valence-corrected chi connectivity index (χ4v) is 1.82. The van der Waals surface area contributed by atoms with Crippen LogP contribution in [0.15, 0.2) is 18.3 Å². The number of amides is 1. The summed E-state index contributed by atoms with van der Waals surface area (Å²) in [6.45, 7) is 4.52. The van der Waals surface area contributed by atoms with Crippen molar-refractivity contribution in [1.29, 1.82) is 0 Å². The third-order valence-corrected chi connectivity index (χ3v) is 3.44. The average Bonchev–Trinajstić information content (AvgIpc) is 2.41. The molecule has 1 aromatic heterocycles. The highest BCUT2D eigenvalue weighted by molar-refractivity contribution is 5.82. The molecular formula is C13H20FN3O. The van der Waals surface area contributed by atoms with Crippen LogP contribution >= 0.6 is 0 Å². The van der Waals surface area contributed by atoms with Crippen molar-refractivity contribution in [2.45, 2.75) is 33.2 Å². The van der Waals surface area contributed by atoms with Crippen molar-refractivity contribution in [2.75, 3.05) is 6.54 Å². The first-order valence-electron chi connectivity index (χ1n) is 6.16. The summed E-state index contributed by atoms with van der Waals surface area (Å²) < 4.78 is 12.7. The van der Waals surface area contributed by atoms with Crippen molar-refractivity contribution >= 4 is 5.91 Å². The molecule has 100 valence electrons. The Bertz CT molecular complexity index is 379. The van der Waals surface area contributed by atoms with E-state index in [0.717, 1.165) is 6.20 Å². The molecule has 1 heterocycles. The van der Waals surface area contributed by atoms with Crippen LogP contribution in [-0.4, -0.2) is 17.4 Å². The first kappa shape index (κ1) is 14.6. The van der Waals surface area contributed by atoms with Crippen molar-refractivity contribution in [3.63, 3.8) is 0 Å². The van der Waals surface area contributed by atoms with Crippen molar-refractivity contribution < 1.29 is 9.18 Å². The second-order valence-corrected chi connectivity index (χ2v) is 4.34. The monoisotopic (exact) mass is 253 g/mol. The van der Waals surface area contributed by atoms with Gasteiger partial charge in [-0.2, -0.15) is 0 Å². The molecule has 0 fully saturated rings. The third-order valence-electron chi connectivity index (χ3n) is 3.44. The molecule has 0 aliphatic heterocycles. The zero-order valence-electron chi connectivity index (χ0n) is 10.9. The normalized spacial score (nSPS) is 11.3. The Labute approximate surface area is 107 Å². The van der Waals surface area contributed by atoms with Gasteiger partial charge in [0.25, 0.3) is 0 Å². The van der Waals surface area contributed by atoms with E-state index < -0.39 is 5.41 Å². The Morgan fingerprint density at radius 3 is 2.56 bits per heavy atom. The zero-order chi connectivity index (χ0) is 13.6. The van der Waals surface area contributed by atoms with Gasteiger partial charge in [-0.1, -0.05) is 13.8 Å². The van der Waals surface area contributed by atoms with Gasteiger partial charge < -0.3 is 11.1 Å². The van der Waals surface area contributed by atoms with Crippen molar-refractivity contribution in [1.82, 2.24) is 10.3 Å². The van der Waals surface area contributed by atoms with Gasteiger partial charge in [0.05, 0.1) is 23.9 Å². The van der Waals surface area contributed by atoms with Gasteiger partial charge in [-0.15, -0.1) is 0 Å². The number of halogens is 1. The van der Waals surface area contributed by atoms with Gasteiger partial charge in [-0.3, -0.25) is 9.78 Å². The van der Waals surface area contributed by atoms with Crippen LogP contribution in [0.25, 0.3) is 0 Å². The SMILES string of the molecule is CCC(CC)(CN)C(=O)NCc1ccc(F)cn1. The number of carbonyl (C=O) groups excluding carboxylic acids is 1. The molecule has 1 rings (SSSR count). The number of carbonyl (C=O) groups is 1. The molecule has 0 saturated carbocycles. The summed E-state index contributed by atoms with van der Waals surface area (Å²) in [7, 11) is 0. The van der Waals surface area contributed by atoms with E-state index in [1.54, 1.807) is 6.07 Å². The van der Waals surface area contributed by atoms with E-state index in [1.807, 2.05) is 13.8 Å². The summed E-state index contributed by atoms with van der Waals surface area (Å²) in [5.74, 6) is -0.454. The molecule has 4 nitrogen and oxygen atoms in total. The highest BCUT2D eigenvalue weighted by atomic mass is 19.1. The lowest BCUT2D eigenvalue weighted by Gasteiger charge is -2.28. The number of nitrogens with zero attached hydrogens (tertiary/aromatic N) is 1. The lowest BCUT2D eigenvalue weighted by molar-refractivity contribution is -0.131. The second kappa shape index (κ2) is 6.44. The zero-order valence-corrected chi connectivity index (χ0v) is 10.9. The molecule has 0 aliphatic rings. The molecule has 0 atom stereocenters. The van der Waals surface area contributed by atoms with Crippen molar-refractivity contribution in [3.8, 4) is 0 Å². The first-order chi connectivity index (χ1) is 8.57. The third kappa shape index (κ3) is 3.26. The topological polar surface area (TPSA) is 68.0 Å². The summed E-state index contributed by atoms with van der Waals surface area (Å²) in [5, 5.41) is 2.81. The van der Waals surface area contributed by atoms with E-state index in [1.165, 1.54) is 6.07 Å². The summed E-state index contributed by atoms with van der Waals surface area (Å²) in [6, 6.07) is 2.88. The number of hydrogen-bond donors (Lipinski definition) is 2. The molecule has 0 unspecified atom stereocenters. The van der Waals surface area contributed by atoms with Crippen molar-refractivity contribution in [3.05, 3.63) is 29.8 Å². The number of nitrogens with one attached hydrogen (secondary N) is 1. The minimum Gasteiger partial charge on any atom is -0.350 e. The van der Waals surface area contributed by atoms with Crippen LogP contribution in [0.1, 0.15) is 32.4 Å². The molecule has 0 spiro atoms. The Morgan fingerprint density at radius 1 is 1.44 bits per heavy atom. The Morgan fingerprint density at radius 2 is 2.11 bits per heavy atom. The van der Waals surface area contributed by atoms with E-state index in [-0.39, 0.29) is 11.7 Å². The maximum absolute atomic E-state index is 12.7. The number of aromatic nitrogens is 1. The second-order valence-electron chi connectivity index (χ2n) is 4.34. The van der Waals surface area contributed by atoms with Crippen LogP contribution < -0.4 is 11.1 Å². The van der Waals surface area contributed by atoms with E-state index in [0.29, 0.717) is 31.6 Å². The number of pyridine rings is 1. The van der Waals surface area contributed by atoms with Crippen LogP contribution in [0.2, 0.25) is 0 Å². The van der Waals surface area contributed by atoms with Crippen molar-refractivity contribution in [2.24, 2.45) is 11.1 Å². The summed E-state index contributed by atoms with van der Waals surface area (Å²) in [4.78, 5) is 16.0. The highest BCUT2D eigenvalue weighted by Crippen LogP contribution is 2.24. The Hall–Kier alpha value is -1.49. The fraction of sp³-hybridized carbons (Fsp3) is 0.538. The minimum absolute atomic E-state index is 0.0684. The molecule has 0 radical (unpaired) electrons. The van der Waals surface area contributed by atoms with E-state index in [9.17, 15) is 9.18 Å². The van der Waals surface area contributed by atoms with E-state index in [4.69, 9.17) is 5.73 Å². The molecule has 3 N–H and O–H groups in total. The van der Waals surface area contributed by atoms with Gasteiger partial charge in [0.15, 0.2) is 0 Å². The predicted molar refractivity (Wildman–Crippen MR) is 68.1 cm³/mol. The molecule has 1 aromatic rings. The lowest BCUT2D eigenvalue weighted by Crippen LogP contribution is -2.45. The molecule has 0 aromatic carbocycles. The van der Waals surface area contributed by atoms with Crippen LogP contribution in [0.3, 0.4) is 0 Å². The molecule has 5 heteroatoms. The summed E-state index contributed by atoms with van der Waals surface area (Å²) >= 11 is 0. The van der Waals surface area contributed by atoms with Gasteiger partial charge >= 0.3 is 0 Å².